The quantitative estimate of drug-likeness (QED) is 0.565. The molecule has 0 fully saturated rings. The topological polar surface area (TPSA) is 126 Å². The second-order valence-electron chi connectivity index (χ2n) is 4.14. The van der Waals surface area contributed by atoms with Crippen LogP contribution >= 0.6 is 0 Å². The van der Waals surface area contributed by atoms with Crippen molar-refractivity contribution in [3.63, 3.8) is 0 Å². The number of aromatic nitrogens is 5. The van der Waals surface area contributed by atoms with Crippen LogP contribution in [0.5, 0.6) is 0 Å². The van der Waals surface area contributed by atoms with Crippen LogP contribution in [0.3, 0.4) is 0 Å². The molecule has 104 valence electrons. The van der Waals surface area contributed by atoms with Crippen LogP contribution in [0.25, 0.3) is 17.2 Å². The number of rotatable bonds is 3. The highest BCUT2D eigenvalue weighted by atomic mass is 16.6. The van der Waals surface area contributed by atoms with Gasteiger partial charge >= 0.3 is 0 Å². The van der Waals surface area contributed by atoms with Crippen LogP contribution in [-0.2, 0) is 0 Å². The minimum Gasteiger partial charge on any atom is -0.382 e. The highest BCUT2D eigenvalue weighted by molar-refractivity contribution is 5.58. The third-order valence-electron chi connectivity index (χ3n) is 2.71. The van der Waals surface area contributed by atoms with Gasteiger partial charge in [-0.3, -0.25) is 10.1 Å². The molecule has 9 nitrogen and oxygen atoms in total. The first-order valence-electron chi connectivity index (χ1n) is 5.89. The Hall–Kier alpha value is -3.36. The molecule has 0 bridgehead atoms. The zero-order chi connectivity index (χ0) is 14.8. The van der Waals surface area contributed by atoms with Gasteiger partial charge in [-0.1, -0.05) is 12.1 Å². The largest absolute Gasteiger partial charge is 0.382 e. The van der Waals surface area contributed by atoms with E-state index in [1.807, 2.05) is 0 Å². The van der Waals surface area contributed by atoms with E-state index < -0.39 is 4.92 Å². The van der Waals surface area contributed by atoms with Gasteiger partial charge in [-0.15, -0.1) is 15.3 Å². The van der Waals surface area contributed by atoms with Gasteiger partial charge in [0.15, 0.2) is 11.6 Å². The molecule has 9 heteroatoms. The first kappa shape index (κ1) is 12.7. The minimum absolute atomic E-state index is 0.0175. The van der Waals surface area contributed by atoms with Crippen molar-refractivity contribution >= 4 is 11.5 Å². The lowest BCUT2D eigenvalue weighted by atomic mass is 10.2. The maximum atomic E-state index is 10.8. The van der Waals surface area contributed by atoms with Crippen LogP contribution < -0.4 is 5.73 Å². The van der Waals surface area contributed by atoms with Crippen LogP contribution in [-0.4, -0.2) is 29.9 Å². The summed E-state index contributed by atoms with van der Waals surface area (Å²) in [7, 11) is 0. The van der Waals surface area contributed by atoms with Gasteiger partial charge in [-0.05, 0) is 12.1 Å². The standard InChI is InChI=1S/C12H9N7O2/c13-10-4-5-11(16-15-10)18-7-14-12(17-18)8-2-1-3-9(6-8)19(20)21/h1-7H,(H2,13,15). The summed E-state index contributed by atoms with van der Waals surface area (Å²) in [6.07, 6.45) is 1.45. The predicted molar refractivity (Wildman–Crippen MR) is 73.5 cm³/mol. The van der Waals surface area contributed by atoms with E-state index in [0.29, 0.717) is 23.0 Å². The fourth-order valence-corrected chi connectivity index (χ4v) is 1.72. The molecule has 0 atom stereocenters. The Morgan fingerprint density at radius 3 is 2.76 bits per heavy atom. The summed E-state index contributed by atoms with van der Waals surface area (Å²) in [4.78, 5) is 14.4. The van der Waals surface area contributed by atoms with E-state index in [9.17, 15) is 10.1 Å². The Labute approximate surface area is 118 Å². The maximum absolute atomic E-state index is 10.8. The number of anilines is 1. The predicted octanol–water partition coefficient (Wildman–Crippen LogP) is 1.21. The molecule has 21 heavy (non-hydrogen) atoms. The van der Waals surface area contributed by atoms with Crippen LogP contribution in [0.2, 0.25) is 0 Å². The number of hydrogen-bond acceptors (Lipinski definition) is 7. The van der Waals surface area contributed by atoms with E-state index in [4.69, 9.17) is 5.73 Å². The number of non-ortho nitro benzene ring substituents is 1. The van der Waals surface area contributed by atoms with E-state index >= 15 is 0 Å². The molecule has 2 heterocycles. The number of nitrogen functional groups attached to an aromatic ring is 1. The molecule has 0 amide bonds. The lowest BCUT2D eigenvalue weighted by Gasteiger charge is -1.98. The van der Waals surface area contributed by atoms with Crippen molar-refractivity contribution in [2.24, 2.45) is 0 Å². The Morgan fingerprint density at radius 1 is 1.19 bits per heavy atom. The van der Waals surface area contributed by atoms with Gasteiger partial charge in [0.1, 0.15) is 12.1 Å². The van der Waals surface area contributed by atoms with E-state index in [0.717, 1.165) is 0 Å². The molecule has 0 spiro atoms. The number of nitrogens with two attached hydrogens (primary N) is 1. The number of nitro groups is 1. The number of benzene rings is 1. The van der Waals surface area contributed by atoms with E-state index in [1.54, 1.807) is 24.3 Å². The van der Waals surface area contributed by atoms with Crippen molar-refractivity contribution in [1.29, 1.82) is 0 Å². The second kappa shape index (κ2) is 4.96. The van der Waals surface area contributed by atoms with Crippen molar-refractivity contribution in [1.82, 2.24) is 25.0 Å². The molecule has 0 aliphatic rings. The molecule has 3 aromatic rings. The van der Waals surface area contributed by atoms with Crippen molar-refractivity contribution in [2.45, 2.75) is 0 Å². The molecule has 3 rings (SSSR count). The SMILES string of the molecule is Nc1ccc(-n2cnc(-c3cccc([N+](=O)[O-])c3)n2)nn1. The minimum atomic E-state index is -0.466. The Kier molecular flexibility index (Phi) is 2.99. The summed E-state index contributed by atoms with van der Waals surface area (Å²) < 4.78 is 1.42. The molecule has 0 unspecified atom stereocenters. The average molecular weight is 283 g/mol. The smallest absolute Gasteiger partial charge is 0.270 e. The molecule has 0 aliphatic heterocycles. The van der Waals surface area contributed by atoms with E-state index in [1.165, 1.54) is 23.1 Å². The van der Waals surface area contributed by atoms with Gasteiger partial charge in [0.25, 0.3) is 5.69 Å². The first-order valence-corrected chi connectivity index (χ1v) is 5.89. The molecule has 0 saturated carbocycles. The zero-order valence-electron chi connectivity index (χ0n) is 10.6. The van der Waals surface area contributed by atoms with Gasteiger partial charge in [0, 0.05) is 17.7 Å². The maximum Gasteiger partial charge on any atom is 0.270 e. The Bertz CT molecular complexity index is 797. The van der Waals surface area contributed by atoms with Crippen molar-refractivity contribution < 1.29 is 4.92 Å². The molecule has 2 aromatic heterocycles. The number of nitrogens with zero attached hydrogens (tertiary/aromatic N) is 6. The summed E-state index contributed by atoms with van der Waals surface area (Å²) in [5.41, 5.74) is 5.99. The fourth-order valence-electron chi connectivity index (χ4n) is 1.72. The Morgan fingerprint density at radius 2 is 2.05 bits per heavy atom. The first-order chi connectivity index (χ1) is 10.1. The van der Waals surface area contributed by atoms with Gasteiger partial charge in [-0.25, -0.2) is 9.67 Å². The second-order valence-corrected chi connectivity index (χ2v) is 4.14. The van der Waals surface area contributed by atoms with Gasteiger partial charge < -0.3 is 5.73 Å². The number of nitro benzene ring substituents is 1. The third kappa shape index (κ3) is 2.52. The number of hydrogen-bond donors (Lipinski definition) is 1. The lowest BCUT2D eigenvalue weighted by molar-refractivity contribution is -0.384. The molecule has 1 aromatic carbocycles. The molecule has 0 radical (unpaired) electrons. The zero-order valence-corrected chi connectivity index (χ0v) is 10.6. The highest BCUT2D eigenvalue weighted by Gasteiger charge is 2.11. The van der Waals surface area contributed by atoms with Crippen LogP contribution in [0, 0.1) is 10.1 Å². The van der Waals surface area contributed by atoms with Crippen molar-refractivity contribution in [3.8, 4) is 17.2 Å². The summed E-state index contributed by atoms with van der Waals surface area (Å²) in [6, 6.07) is 9.34. The average Bonchev–Trinajstić information content (AvgIpc) is 2.98. The molecular weight excluding hydrogens is 274 g/mol. The summed E-state index contributed by atoms with van der Waals surface area (Å²) in [6.45, 7) is 0. The van der Waals surface area contributed by atoms with Gasteiger partial charge in [0.2, 0.25) is 0 Å². The van der Waals surface area contributed by atoms with Crippen LogP contribution in [0.1, 0.15) is 0 Å². The summed E-state index contributed by atoms with van der Waals surface area (Å²) in [5.74, 6) is 1.11. The van der Waals surface area contributed by atoms with Gasteiger partial charge in [0.05, 0.1) is 4.92 Å². The van der Waals surface area contributed by atoms with Gasteiger partial charge in [-0.2, -0.15) is 0 Å². The molecule has 2 N–H and O–H groups in total. The van der Waals surface area contributed by atoms with Crippen molar-refractivity contribution in [3.05, 3.63) is 52.8 Å². The molecule has 0 saturated heterocycles. The highest BCUT2D eigenvalue weighted by Crippen LogP contribution is 2.20. The fraction of sp³-hybridized carbons (Fsp3) is 0. The lowest BCUT2D eigenvalue weighted by Crippen LogP contribution is -2.01. The van der Waals surface area contributed by atoms with Crippen LogP contribution in [0.15, 0.2) is 42.7 Å². The third-order valence-corrected chi connectivity index (χ3v) is 2.71. The molecular formula is C12H9N7O2. The molecule has 0 aliphatic carbocycles. The van der Waals surface area contributed by atoms with Crippen LogP contribution in [0.4, 0.5) is 11.5 Å². The summed E-state index contributed by atoms with van der Waals surface area (Å²) >= 11 is 0. The Balaban J connectivity index is 1.96. The van der Waals surface area contributed by atoms with E-state index in [-0.39, 0.29) is 5.69 Å². The van der Waals surface area contributed by atoms with Crippen molar-refractivity contribution in [2.75, 3.05) is 5.73 Å². The van der Waals surface area contributed by atoms with E-state index in [2.05, 4.69) is 20.3 Å². The summed E-state index contributed by atoms with van der Waals surface area (Å²) in [5, 5.41) is 22.6. The normalized spacial score (nSPS) is 10.5. The monoisotopic (exact) mass is 283 g/mol.